The van der Waals surface area contributed by atoms with E-state index in [4.69, 9.17) is 23.7 Å². The molecule has 0 aliphatic rings. The number of carbonyl (C=O) groups is 5. The molecule has 0 bridgehead atoms. The van der Waals surface area contributed by atoms with Crippen LogP contribution in [0.2, 0.25) is 0 Å². The summed E-state index contributed by atoms with van der Waals surface area (Å²) in [4.78, 5) is 59.7. The van der Waals surface area contributed by atoms with Gasteiger partial charge in [-0.2, -0.15) is 0 Å². The monoisotopic (exact) mass is 418 g/mol. The van der Waals surface area contributed by atoms with Gasteiger partial charge in [-0.25, -0.2) is 14.4 Å². The molecule has 0 fully saturated rings. The Hall–Kier alpha value is -2.65. The second-order valence-electron chi connectivity index (χ2n) is 7.19. The van der Waals surface area contributed by atoms with Gasteiger partial charge in [0, 0.05) is 13.8 Å². The van der Waals surface area contributed by atoms with E-state index in [0.29, 0.717) is 6.42 Å². The van der Waals surface area contributed by atoms with Crippen molar-refractivity contribution in [3.63, 3.8) is 0 Å². The van der Waals surface area contributed by atoms with E-state index >= 15 is 0 Å². The Labute approximate surface area is 170 Å². The number of rotatable bonds is 10. The average Bonchev–Trinajstić information content (AvgIpc) is 2.55. The zero-order valence-electron chi connectivity index (χ0n) is 17.9. The van der Waals surface area contributed by atoms with Gasteiger partial charge in [0.05, 0.1) is 6.61 Å². The number of hydrogen-bond acceptors (Lipinski definition) is 10. The maximum absolute atomic E-state index is 12.5. The molecule has 3 atom stereocenters. The molecule has 0 radical (unpaired) electrons. The summed E-state index contributed by atoms with van der Waals surface area (Å²) in [6.07, 6.45) is -3.77. The summed E-state index contributed by atoms with van der Waals surface area (Å²) >= 11 is 0. The van der Waals surface area contributed by atoms with Crippen molar-refractivity contribution in [1.82, 2.24) is 0 Å². The summed E-state index contributed by atoms with van der Waals surface area (Å²) in [5.74, 6) is -5.05. The molecule has 0 saturated heterocycles. The van der Waals surface area contributed by atoms with E-state index < -0.39 is 53.8 Å². The third-order valence-corrected chi connectivity index (χ3v) is 3.10. The Morgan fingerprint density at radius 3 is 1.69 bits per heavy atom. The van der Waals surface area contributed by atoms with E-state index in [-0.39, 0.29) is 6.61 Å². The third kappa shape index (κ3) is 11.1. The standard InChI is InChI=1S/C19H30O10/c1-8-9-10-25-16(22)11(2)26-17(23)14(27-12(3)20)15(28-13(4)21)18(24)29-19(5,6)7/h11,14-15H,8-10H2,1-7H3/t11-,14+,15+/m0/s1. The summed E-state index contributed by atoms with van der Waals surface area (Å²) in [7, 11) is 0. The van der Waals surface area contributed by atoms with Crippen LogP contribution in [0.15, 0.2) is 0 Å². The van der Waals surface area contributed by atoms with Crippen molar-refractivity contribution in [3.8, 4) is 0 Å². The first-order valence-electron chi connectivity index (χ1n) is 9.22. The van der Waals surface area contributed by atoms with Gasteiger partial charge in [0.15, 0.2) is 6.10 Å². The Bertz CT molecular complexity index is 605. The van der Waals surface area contributed by atoms with Crippen molar-refractivity contribution >= 4 is 29.8 Å². The SMILES string of the molecule is CCCCOC(=O)[C@H](C)OC(=O)[C@H](OC(C)=O)[C@@H](OC(C)=O)C(=O)OC(C)(C)C. The van der Waals surface area contributed by atoms with E-state index in [9.17, 15) is 24.0 Å². The molecule has 0 aliphatic carbocycles. The summed E-state index contributed by atoms with van der Waals surface area (Å²) in [6, 6.07) is 0. The van der Waals surface area contributed by atoms with Gasteiger partial charge in [-0.1, -0.05) is 13.3 Å². The fourth-order valence-corrected chi connectivity index (χ4v) is 1.91. The molecule has 0 unspecified atom stereocenters. The summed E-state index contributed by atoms with van der Waals surface area (Å²) in [5.41, 5.74) is -0.976. The number of carbonyl (C=O) groups excluding carboxylic acids is 5. The van der Waals surface area contributed by atoms with Gasteiger partial charge in [0.1, 0.15) is 5.60 Å². The number of hydrogen-bond donors (Lipinski definition) is 0. The van der Waals surface area contributed by atoms with Crippen LogP contribution >= 0.6 is 0 Å². The molecule has 166 valence electrons. The number of unbranched alkanes of at least 4 members (excludes halogenated alkanes) is 1. The molecule has 0 aliphatic heterocycles. The van der Waals surface area contributed by atoms with Crippen molar-refractivity contribution < 1.29 is 47.7 Å². The molecule has 0 aromatic carbocycles. The Morgan fingerprint density at radius 1 is 0.793 bits per heavy atom. The highest BCUT2D eigenvalue weighted by molar-refractivity contribution is 5.90. The van der Waals surface area contributed by atoms with Gasteiger partial charge in [-0.3, -0.25) is 9.59 Å². The van der Waals surface area contributed by atoms with Crippen LogP contribution in [0, 0.1) is 0 Å². The van der Waals surface area contributed by atoms with Crippen LogP contribution in [0.4, 0.5) is 0 Å². The lowest BCUT2D eigenvalue weighted by atomic mass is 10.1. The predicted octanol–water partition coefficient (Wildman–Crippen LogP) is 1.47. The van der Waals surface area contributed by atoms with E-state index in [1.165, 1.54) is 6.92 Å². The molecule has 10 nitrogen and oxygen atoms in total. The normalized spacial score (nSPS) is 14.0. The minimum Gasteiger partial charge on any atom is -0.463 e. The topological polar surface area (TPSA) is 132 Å². The van der Waals surface area contributed by atoms with Gasteiger partial charge in [0.2, 0.25) is 12.2 Å². The fourth-order valence-electron chi connectivity index (χ4n) is 1.91. The first kappa shape index (κ1) is 26.4. The van der Waals surface area contributed by atoms with Gasteiger partial charge in [-0.15, -0.1) is 0 Å². The fraction of sp³-hybridized carbons (Fsp3) is 0.737. The highest BCUT2D eigenvalue weighted by Crippen LogP contribution is 2.16. The van der Waals surface area contributed by atoms with Gasteiger partial charge in [-0.05, 0) is 34.1 Å². The quantitative estimate of drug-likeness (QED) is 0.292. The van der Waals surface area contributed by atoms with Crippen LogP contribution in [-0.2, 0) is 47.7 Å². The molecule has 29 heavy (non-hydrogen) atoms. The first-order valence-corrected chi connectivity index (χ1v) is 9.22. The van der Waals surface area contributed by atoms with E-state index in [1.807, 2.05) is 6.92 Å². The Balaban J connectivity index is 5.49. The van der Waals surface area contributed by atoms with E-state index in [0.717, 1.165) is 20.3 Å². The lowest BCUT2D eigenvalue weighted by molar-refractivity contribution is -0.198. The van der Waals surface area contributed by atoms with Crippen molar-refractivity contribution in [2.24, 2.45) is 0 Å². The van der Waals surface area contributed by atoms with Crippen LogP contribution in [0.3, 0.4) is 0 Å². The smallest absolute Gasteiger partial charge is 0.352 e. The molecular weight excluding hydrogens is 388 g/mol. The Kier molecular flexibility index (Phi) is 10.9. The van der Waals surface area contributed by atoms with Crippen molar-refractivity contribution in [2.75, 3.05) is 6.61 Å². The molecule has 10 heteroatoms. The van der Waals surface area contributed by atoms with E-state index in [1.54, 1.807) is 20.8 Å². The molecule has 0 saturated carbocycles. The third-order valence-electron chi connectivity index (χ3n) is 3.10. The highest BCUT2D eigenvalue weighted by atomic mass is 16.6. The molecule has 0 aromatic rings. The summed E-state index contributed by atoms with van der Waals surface area (Å²) in [6.45, 7) is 9.98. The van der Waals surface area contributed by atoms with Crippen LogP contribution < -0.4 is 0 Å². The lowest BCUT2D eigenvalue weighted by Crippen LogP contribution is -2.49. The summed E-state index contributed by atoms with van der Waals surface area (Å²) < 4.78 is 24.7. The zero-order valence-corrected chi connectivity index (χ0v) is 17.9. The maximum atomic E-state index is 12.5. The second-order valence-corrected chi connectivity index (χ2v) is 7.19. The van der Waals surface area contributed by atoms with Crippen molar-refractivity contribution in [3.05, 3.63) is 0 Å². The second kappa shape index (κ2) is 12.0. The van der Waals surface area contributed by atoms with Crippen molar-refractivity contribution in [2.45, 2.75) is 85.2 Å². The lowest BCUT2D eigenvalue weighted by Gasteiger charge is -2.27. The van der Waals surface area contributed by atoms with Crippen LogP contribution in [0.25, 0.3) is 0 Å². The van der Waals surface area contributed by atoms with Gasteiger partial charge in [0.25, 0.3) is 0 Å². The Morgan fingerprint density at radius 2 is 1.28 bits per heavy atom. The molecular formula is C19H30O10. The first-order chi connectivity index (χ1) is 13.3. The molecule has 0 N–H and O–H groups in total. The number of ether oxygens (including phenoxy) is 5. The van der Waals surface area contributed by atoms with Crippen LogP contribution in [0.1, 0.15) is 61.3 Å². The maximum Gasteiger partial charge on any atom is 0.352 e. The van der Waals surface area contributed by atoms with Crippen LogP contribution in [0.5, 0.6) is 0 Å². The van der Waals surface area contributed by atoms with Crippen LogP contribution in [-0.4, -0.2) is 60.4 Å². The number of esters is 5. The predicted molar refractivity (Wildman–Crippen MR) is 98.4 cm³/mol. The largest absolute Gasteiger partial charge is 0.463 e. The summed E-state index contributed by atoms with van der Waals surface area (Å²) in [5, 5.41) is 0. The average molecular weight is 418 g/mol. The molecule has 0 amide bonds. The molecule has 0 rings (SSSR count). The minimum absolute atomic E-state index is 0.151. The van der Waals surface area contributed by atoms with Crippen molar-refractivity contribution in [1.29, 1.82) is 0 Å². The highest BCUT2D eigenvalue weighted by Gasteiger charge is 2.44. The minimum atomic E-state index is -1.96. The van der Waals surface area contributed by atoms with Gasteiger partial charge < -0.3 is 23.7 Å². The zero-order chi connectivity index (χ0) is 22.8. The molecule has 0 aromatic heterocycles. The van der Waals surface area contributed by atoms with Gasteiger partial charge >= 0.3 is 29.8 Å². The molecule has 0 heterocycles. The van der Waals surface area contributed by atoms with E-state index in [2.05, 4.69) is 0 Å². The molecule has 0 spiro atoms.